The summed E-state index contributed by atoms with van der Waals surface area (Å²) in [4.78, 5) is 2.33. The van der Waals surface area contributed by atoms with E-state index in [0.717, 1.165) is 55.3 Å². The Morgan fingerprint density at radius 1 is 1.20 bits per heavy atom. The molecule has 1 aromatic carbocycles. The second-order valence-corrected chi connectivity index (χ2v) is 6.60. The Morgan fingerprint density at radius 3 is 2.80 bits per heavy atom. The quantitative estimate of drug-likeness (QED) is 0.792. The third kappa shape index (κ3) is 3.50. The van der Waals surface area contributed by atoms with Gasteiger partial charge in [0.05, 0.1) is 23.6 Å². The molecule has 0 saturated heterocycles. The van der Waals surface area contributed by atoms with Crippen LogP contribution in [0, 0.1) is 6.92 Å². The maximum atomic E-state index is 10.6. The number of fused-ring (bicyclic) bond motifs is 1. The molecular formula is C19H22N4O2. The van der Waals surface area contributed by atoms with Crippen molar-refractivity contribution < 1.29 is 9.63 Å². The van der Waals surface area contributed by atoms with Crippen LogP contribution in [0.25, 0.3) is 0 Å². The van der Waals surface area contributed by atoms with Crippen LogP contribution < -0.4 is 0 Å². The van der Waals surface area contributed by atoms with Crippen LogP contribution in [0.1, 0.15) is 40.9 Å². The first-order valence-electron chi connectivity index (χ1n) is 8.63. The van der Waals surface area contributed by atoms with Crippen molar-refractivity contribution in [3.05, 3.63) is 70.9 Å². The number of aliphatic hydroxyl groups is 1. The Morgan fingerprint density at radius 2 is 2.04 bits per heavy atom. The highest BCUT2D eigenvalue weighted by atomic mass is 16.5. The minimum Gasteiger partial charge on any atom is -0.382 e. The predicted molar refractivity (Wildman–Crippen MR) is 92.7 cm³/mol. The largest absolute Gasteiger partial charge is 0.382 e. The number of aliphatic hydroxyl groups excluding tert-OH is 1. The molecule has 6 heteroatoms. The molecule has 4 rings (SSSR count). The highest BCUT2D eigenvalue weighted by Crippen LogP contribution is 2.24. The summed E-state index contributed by atoms with van der Waals surface area (Å²) in [6.07, 6.45) is 0.328. The lowest BCUT2D eigenvalue weighted by Gasteiger charge is -2.17. The molecule has 25 heavy (non-hydrogen) atoms. The summed E-state index contributed by atoms with van der Waals surface area (Å²) < 4.78 is 7.36. The molecule has 3 aromatic rings. The minimum absolute atomic E-state index is 0.689. The van der Waals surface area contributed by atoms with Crippen LogP contribution in [0.3, 0.4) is 0 Å². The zero-order chi connectivity index (χ0) is 17.2. The number of hydrogen-bond donors (Lipinski definition) is 1. The molecule has 0 spiro atoms. The van der Waals surface area contributed by atoms with E-state index in [2.05, 4.69) is 15.2 Å². The Balaban J connectivity index is 1.52. The number of aromatic nitrogens is 3. The molecule has 0 aliphatic carbocycles. The molecule has 0 bridgehead atoms. The van der Waals surface area contributed by atoms with Crippen LogP contribution >= 0.6 is 0 Å². The van der Waals surface area contributed by atoms with Gasteiger partial charge in [-0.05, 0) is 25.0 Å². The number of aryl methyl sites for hydroxylation is 2. The van der Waals surface area contributed by atoms with E-state index in [1.165, 1.54) is 0 Å². The Bertz CT molecular complexity index is 840. The monoisotopic (exact) mass is 338 g/mol. The molecule has 3 heterocycles. The van der Waals surface area contributed by atoms with Crippen molar-refractivity contribution in [1.29, 1.82) is 0 Å². The summed E-state index contributed by atoms with van der Waals surface area (Å²) in [5, 5.41) is 19.2. The second kappa shape index (κ2) is 6.82. The van der Waals surface area contributed by atoms with Gasteiger partial charge in [-0.15, -0.1) is 0 Å². The topological polar surface area (TPSA) is 67.3 Å². The fourth-order valence-corrected chi connectivity index (χ4v) is 3.34. The van der Waals surface area contributed by atoms with Gasteiger partial charge in [-0.1, -0.05) is 35.5 Å². The van der Waals surface area contributed by atoms with E-state index in [-0.39, 0.29) is 0 Å². The van der Waals surface area contributed by atoms with Crippen molar-refractivity contribution in [3.63, 3.8) is 0 Å². The van der Waals surface area contributed by atoms with Gasteiger partial charge in [0, 0.05) is 25.7 Å². The van der Waals surface area contributed by atoms with Gasteiger partial charge in [0.25, 0.3) is 0 Å². The van der Waals surface area contributed by atoms with Crippen molar-refractivity contribution in [2.24, 2.45) is 0 Å². The number of rotatable bonds is 4. The van der Waals surface area contributed by atoms with Crippen molar-refractivity contribution in [2.75, 3.05) is 6.54 Å². The average molecular weight is 338 g/mol. The first-order chi connectivity index (χ1) is 12.2. The van der Waals surface area contributed by atoms with Crippen molar-refractivity contribution in [3.8, 4) is 0 Å². The molecule has 2 aromatic heterocycles. The lowest BCUT2D eigenvalue weighted by Crippen LogP contribution is -2.22. The highest BCUT2D eigenvalue weighted by Gasteiger charge is 2.21. The number of benzene rings is 1. The average Bonchev–Trinajstić information content (AvgIpc) is 3.16. The van der Waals surface area contributed by atoms with E-state index in [0.29, 0.717) is 5.69 Å². The number of hydrogen-bond acceptors (Lipinski definition) is 5. The Hall–Kier alpha value is -2.44. The fourth-order valence-electron chi connectivity index (χ4n) is 3.34. The first kappa shape index (κ1) is 16.1. The SMILES string of the molecule is Cc1cc(CN2CCCn3nc([C@@H](O)c4ccccc4)cc3C2)on1. The van der Waals surface area contributed by atoms with Gasteiger partial charge in [0.1, 0.15) is 6.10 Å². The number of nitrogens with zero attached hydrogens (tertiary/aromatic N) is 4. The Kier molecular flexibility index (Phi) is 4.38. The van der Waals surface area contributed by atoms with Crippen molar-refractivity contribution in [2.45, 2.75) is 39.1 Å². The van der Waals surface area contributed by atoms with Gasteiger partial charge in [0.2, 0.25) is 0 Å². The van der Waals surface area contributed by atoms with Gasteiger partial charge in [-0.2, -0.15) is 5.10 Å². The van der Waals surface area contributed by atoms with Gasteiger partial charge in [-0.25, -0.2) is 0 Å². The van der Waals surface area contributed by atoms with Crippen LogP contribution in [0.5, 0.6) is 0 Å². The molecular weight excluding hydrogens is 316 g/mol. The molecule has 1 atom stereocenters. The Labute approximate surface area is 146 Å². The smallest absolute Gasteiger partial charge is 0.150 e. The predicted octanol–water partition coefficient (Wildman–Crippen LogP) is 2.67. The molecule has 0 amide bonds. The van der Waals surface area contributed by atoms with Crippen LogP contribution in [-0.2, 0) is 19.6 Å². The van der Waals surface area contributed by atoms with Crippen molar-refractivity contribution >= 4 is 0 Å². The molecule has 0 unspecified atom stereocenters. The van der Waals surface area contributed by atoms with E-state index < -0.39 is 6.10 Å². The maximum absolute atomic E-state index is 10.6. The van der Waals surface area contributed by atoms with E-state index in [1.54, 1.807) is 0 Å². The van der Waals surface area contributed by atoms with Gasteiger partial charge < -0.3 is 9.63 Å². The van der Waals surface area contributed by atoms with E-state index >= 15 is 0 Å². The molecule has 1 aliphatic rings. The van der Waals surface area contributed by atoms with Crippen molar-refractivity contribution in [1.82, 2.24) is 19.8 Å². The molecule has 0 fully saturated rings. The van der Waals surface area contributed by atoms with E-state index in [9.17, 15) is 5.11 Å². The summed E-state index contributed by atoms with van der Waals surface area (Å²) >= 11 is 0. The molecule has 1 aliphatic heterocycles. The zero-order valence-corrected chi connectivity index (χ0v) is 14.3. The third-order valence-corrected chi connectivity index (χ3v) is 4.56. The van der Waals surface area contributed by atoms with E-state index in [4.69, 9.17) is 4.52 Å². The van der Waals surface area contributed by atoms with Crippen LogP contribution in [0.15, 0.2) is 47.0 Å². The highest BCUT2D eigenvalue weighted by molar-refractivity contribution is 5.26. The molecule has 0 saturated carbocycles. The summed E-state index contributed by atoms with van der Waals surface area (Å²) in [5.74, 6) is 0.884. The molecule has 1 N–H and O–H groups in total. The zero-order valence-electron chi connectivity index (χ0n) is 14.3. The molecule has 0 radical (unpaired) electrons. The van der Waals surface area contributed by atoms with Crippen LogP contribution in [0.2, 0.25) is 0 Å². The lowest BCUT2D eigenvalue weighted by atomic mass is 10.1. The summed E-state index contributed by atoms with van der Waals surface area (Å²) in [7, 11) is 0. The van der Waals surface area contributed by atoms with Gasteiger partial charge >= 0.3 is 0 Å². The first-order valence-corrected chi connectivity index (χ1v) is 8.63. The van der Waals surface area contributed by atoms with Gasteiger partial charge in [-0.3, -0.25) is 9.58 Å². The minimum atomic E-state index is -0.689. The lowest BCUT2D eigenvalue weighted by molar-refractivity contribution is 0.213. The maximum Gasteiger partial charge on any atom is 0.150 e. The van der Waals surface area contributed by atoms with Gasteiger partial charge in [0.15, 0.2) is 5.76 Å². The summed E-state index contributed by atoms with van der Waals surface area (Å²) in [6, 6.07) is 13.7. The normalized spacial score (nSPS) is 16.4. The summed E-state index contributed by atoms with van der Waals surface area (Å²) in [5.41, 5.74) is 3.60. The molecule has 130 valence electrons. The molecule has 6 nitrogen and oxygen atoms in total. The van der Waals surface area contributed by atoms with E-state index in [1.807, 2.05) is 54.1 Å². The standard InChI is InChI=1S/C19H22N4O2/c1-14-10-17(25-21-14)13-22-8-5-9-23-16(12-22)11-18(20-23)19(24)15-6-3-2-4-7-15/h2-4,6-7,10-11,19,24H,5,8-9,12-13H2,1H3/t19-/m0/s1. The van der Waals surface area contributed by atoms with Crippen LogP contribution in [0.4, 0.5) is 0 Å². The summed E-state index contributed by atoms with van der Waals surface area (Å²) in [6.45, 7) is 5.31. The van der Waals surface area contributed by atoms with Crippen LogP contribution in [-0.4, -0.2) is 31.5 Å². The fraction of sp³-hybridized carbons (Fsp3) is 0.368. The third-order valence-electron chi connectivity index (χ3n) is 4.56. The second-order valence-electron chi connectivity index (χ2n) is 6.60.